The van der Waals surface area contributed by atoms with Crippen LogP contribution in [0.5, 0.6) is 0 Å². The van der Waals surface area contributed by atoms with Gasteiger partial charge >= 0.3 is 0 Å². The summed E-state index contributed by atoms with van der Waals surface area (Å²) in [4.78, 5) is 19.2. The zero-order chi connectivity index (χ0) is 16.7. The fourth-order valence-corrected chi connectivity index (χ4v) is 2.51. The van der Waals surface area contributed by atoms with Crippen molar-refractivity contribution in [1.29, 1.82) is 0 Å². The monoisotopic (exact) mass is 324 g/mol. The molecule has 0 spiro atoms. The molecule has 3 heterocycles. The number of fused-ring (bicyclic) bond motifs is 1. The molecule has 4 rings (SSSR count). The van der Waals surface area contributed by atoms with Gasteiger partial charge in [-0.1, -0.05) is 0 Å². The van der Waals surface area contributed by atoms with Crippen molar-refractivity contribution in [2.45, 2.75) is 0 Å². The van der Waals surface area contributed by atoms with Crippen molar-refractivity contribution < 1.29 is 8.78 Å². The molecule has 0 saturated carbocycles. The summed E-state index contributed by atoms with van der Waals surface area (Å²) in [5, 5.41) is 0.341. The minimum Gasteiger partial charge on any atom is -0.384 e. The van der Waals surface area contributed by atoms with Crippen LogP contribution >= 0.6 is 0 Å². The smallest absolute Gasteiger partial charge is 0.164 e. The Balaban J connectivity index is 1.93. The van der Waals surface area contributed by atoms with Gasteiger partial charge in [0, 0.05) is 47.2 Å². The number of nitrogen functional groups attached to an aromatic ring is 1. The standard InChI is InChI=1S/C16H10F2N6/c17-9-1-10-11(6-22-15(10)12(18)2-9)16-23-13(3-14(19)24-16)8-4-20-7-21-5-8/h1-7,22H,(H2,19,23,24). The van der Waals surface area contributed by atoms with Crippen LogP contribution in [-0.4, -0.2) is 24.9 Å². The van der Waals surface area contributed by atoms with Gasteiger partial charge in [0.05, 0.1) is 11.2 Å². The highest BCUT2D eigenvalue weighted by Gasteiger charge is 2.15. The Bertz CT molecular complexity index is 1050. The van der Waals surface area contributed by atoms with Gasteiger partial charge < -0.3 is 10.7 Å². The molecule has 0 aliphatic carbocycles. The van der Waals surface area contributed by atoms with Crippen LogP contribution in [0.1, 0.15) is 0 Å². The molecule has 8 heteroatoms. The van der Waals surface area contributed by atoms with Gasteiger partial charge in [-0.05, 0) is 6.07 Å². The zero-order valence-corrected chi connectivity index (χ0v) is 12.2. The van der Waals surface area contributed by atoms with Gasteiger partial charge in [-0.3, -0.25) is 0 Å². The summed E-state index contributed by atoms with van der Waals surface area (Å²) in [6, 6.07) is 3.62. The number of rotatable bonds is 2. The number of halogens is 2. The van der Waals surface area contributed by atoms with E-state index in [2.05, 4.69) is 24.9 Å². The van der Waals surface area contributed by atoms with Crippen LogP contribution < -0.4 is 5.73 Å². The second-order valence-electron chi connectivity index (χ2n) is 5.14. The molecule has 0 unspecified atom stereocenters. The van der Waals surface area contributed by atoms with Crippen molar-refractivity contribution in [3.8, 4) is 22.6 Å². The maximum Gasteiger partial charge on any atom is 0.164 e. The van der Waals surface area contributed by atoms with E-state index in [0.29, 0.717) is 22.2 Å². The summed E-state index contributed by atoms with van der Waals surface area (Å²) >= 11 is 0. The number of benzene rings is 1. The first-order chi connectivity index (χ1) is 11.6. The number of nitrogens with zero attached hydrogens (tertiary/aromatic N) is 4. The van der Waals surface area contributed by atoms with Crippen LogP contribution in [0.3, 0.4) is 0 Å². The van der Waals surface area contributed by atoms with E-state index in [4.69, 9.17) is 5.73 Å². The molecule has 0 bridgehead atoms. The molecule has 0 fully saturated rings. The number of anilines is 1. The fourth-order valence-electron chi connectivity index (χ4n) is 2.51. The number of hydrogen-bond donors (Lipinski definition) is 2. The third kappa shape index (κ3) is 2.34. The molecule has 0 aliphatic rings. The van der Waals surface area contributed by atoms with Gasteiger partial charge in [0.25, 0.3) is 0 Å². The molecule has 3 aromatic heterocycles. The molecule has 0 atom stereocenters. The summed E-state index contributed by atoms with van der Waals surface area (Å²) in [7, 11) is 0. The van der Waals surface area contributed by atoms with E-state index in [0.717, 1.165) is 6.07 Å². The summed E-state index contributed by atoms with van der Waals surface area (Å²) in [5.74, 6) is -0.881. The first-order valence-corrected chi connectivity index (χ1v) is 6.98. The second kappa shape index (κ2) is 5.34. The molecule has 118 valence electrons. The SMILES string of the molecule is Nc1cc(-c2cncnc2)nc(-c2c[nH]c3c(F)cc(F)cc23)n1. The molecule has 0 saturated heterocycles. The van der Waals surface area contributed by atoms with E-state index in [1.165, 1.54) is 18.6 Å². The van der Waals surface area contributed by atoms with Gasteiger partial charge in [0.1, 0.15) is 23.8 Å². The van der Waals surface area contributed by atoms with Crippen molar-refractivity contribution in [2.24, 2.45) is 0 Å². The van der Waals surface area contributed by atoms with Crippen LogP contribution in [0.2, 0.25) is 0 Å². The van der Waals surface area contributed by atoms with E-state index in [1.807, 2.05) is 0 Å². The van der Waals surface area contributed by atoms with Crippen LogP contribution in [0.4, 0.5) is 14.6 Å². The summed E-state index contributed by atoms with van der Waals surface area (Å²) in [5.41, 5.74) is 7.67. The molecular formula is C16H10F2N6. The highest BCUT2D eigenvalue weighted by atomic mass is 19.1. The van der Waals surface area contributed by atoms with Crippen molar-refractivity contribution in [2.75, 3.05) is 5.73 Å². The Morgan fingerprint density at radius 1 is 1.00 bits per heavy atom. The lowest BCUT2D eigenvalue weighted by atomic mass is 10.1. The molecule has 0 amide bonds. The zero-order valence-electron chi connectivity index (χ0n) is 12.2. The molecule has 6 nitrogen and oxygen atoms in total. The minimum absolute atomic E-state index is 0.182. The van der Waals surface area contributed by atoms with Gasteiger partial charge in [-0.15, -0.1) is 0 Å². The van der Waals surface area contributed by atoms with E-state index < -0.39 is 11.6 Å². The lowest BCUT2D eigenvalue weighted by Gasteiger charge is -2.05. The number of nitrogens with one attached hydrogen (secondary N) is 1. The summed E-state index contributed by atoms with van der Waals surface area (Å²) in [6.07, 6.45) is 6.10. The van der Waals surface area contributed by atoms with Crippen molar-refractivity contribution in [1.82, 2.24) is 24.9 Å². The quantitative estimate of drug-likeness (QED) is 0.591. The summed E-state index contributed by atoms with van der Waals surface area (Å²) in [6.45, 7) is 0. The van der Waals surface area contributed by atoms with E-state index >= 15 is 0 Å². The fraction of sp³-hybridized carbons (Fsp3) is 0. The molecule has 3 N–H and O–H groups in total. The largest absolute Gasteiger partial charge is 0.384 e. The van der Waals surface area contributed by atoms with Crippen molar-refractivity contribution in [3.05, 3.63) is 54.8 Å². The van der Waals surface area contributed by atoms with Crippen LogP contribution in [0, 0.1) is 11.6 Å². The predicted octanol–water partition coefficient (Wildman–Crippen LogP) is 2.94. The Morgan fingerprint density at radius 3 is 2.58 bits per heavy atom. The van der Waals surface area contributed by atoms with Gasteiger partial charge in [0.2, 0.25) is 0 Å². The minimum atomic E-state index is -0.683. The highest BCUT2D eigenvalue weighted by molar-refractivity contribution is 5.94. The van der Waals surface area contributed by atoms with E-state index in [1.54, 1.807) is 18.5 Å². The second-order valence-corrected chi connectivity index (χ2v) is 5.14. The molecule has 0 radical (unpaired) electrons. The van der Waals surface area contributed by atoms with Crippen molar-refractivity contribution in [3.63, 3.8) is 0 Å². The van der Waals surface area contributed by atoms with Crippen LogP contribution in [0.25, 0.3) is 33.5 Å². The molecule has 0 aliphatic heterocycles. The van der Waals surface area contributed by atoms with Gasteiger partial charge in [-0.2, -0.15) is 0 Å². The third-order valence-corrected chi connectivity index (χ3v) is 3.55. The number of H-pyrrole nitrogens is 1. The third-order valence-electron chi connectivity index (χ3n) is 3.55. The Labute approximate surface area is 134 Å². The van der Waals surface area contributed by atoms with E-state index in [9.17, 15) is 8.78 Å². The first kappa shape index (κ1) is 14.2. The van der Waals surface area contributed by atoms with E-state index in [-0.39, 0.29) is 17.2 Å². The number of nitrogens with two attached hydrogens (primary N) is 1. The summed E-state index contributed by atoms with van der Waals surface area (Å²) < 4.78 is 27.4. The first-order valence-electron chi connectivity index (χ1n) is 6.98. The van der Waals surface area contributed by atoms with Crippen molar-refractivity contribution >= 4 is 16.7 Å². The average molecular weight is 324 g/mol. The number of hydrogen-bond acceptors (Lipinski definition) is 5. The molecule has 4 aromatic rings. The number of aromatic nitrogens is 5. The van der Waals surface area contributed by atoms with Crippen LogP contribution in [0.15, 0.2) is 43.1 Å². The van der Waals surface area contributed by atoms with Gasteiger partial charge in [-0.25, -0.2) is 28.7 Å². The topological polar surface area (TPSA) is 93.4 Å². The number of aromatic amines is 1. The molecule has 1 aromatic carbocycles. The average Bonchev–Trinajstić information content (AvgIpc) is 2.99. The predicted molar refractivity (Wildman–Crippen MR) is 84.7 cm³/mol. The maximum atomic E-state index is 13.8. The lowest BCUT2D eigenvalue weighted by Crippen LogP contribution is -1.98. The molecule has 24 heavy (non-hydrogen) atoms. The lowest BCUT2D eigenvalue weighted by molar-refractivity contribution is 0.591. The normalized spacial score (nSPS) is 11.1. The Hall–Kier alpha value is -3.42. The maximum absolute atomic E-state index is 13.8. The highest BCUT2D eigenvalue weighted by Crippen LogP contribution is 2.30. The Morgan fingerprint density at radius 2 is 1.79 bits per heavy atom. The van der Waals surface area contributed by atoms with Gasteiger partial charge in [0.15, 0.2) is 5.82 Å². The molecular weight excluding hydrogens is 314 g/mol. The van der Waals surface area contributed by atoms with Crippen LogP contribution in [-0.2, 0) is 0 Å². The Kier molecular flexibility index (Phi) is 3.16.